The molecule has 0 aliphatic carbocycles. The molecule has 2 aromatic rings. The van der Waals surface area contributed by atoms with Gasteiger partial charge in [-0.15, -0.1) is 0 Å². The van der Waals surface area contributed by atoms with Crippen molar-refractivity contribution in [3.63, 3.8) is 0 Å². The van der Waals surface area contributed by atoms with E-state index in [0.717, 1.165) is 12.3 Å². The van der Waals surface area contributed by atoms with Crippen LogP contribution in [0.15, 0.2) is 12.3 Å². The van der Waals surface area contributed by atoms with Crippen LogP contribution in [-0.2, 0) is 16.6 Å². The normalized spacial score (nSPS) is 22.0. The van der Waals surface area contributed by atoms with Crippen LogP contribution in [0, 0.1) is 11.3 Å². The molecule has 33 heavy (non-hydrogen) atoms. The molecule has 1 saturated heterocycles. The first-order chi connectivity index (χ1) is 15.3. The standard InChI is InChI=1S/C19H16F6N6O2/c20-18(21,22)11-5-12(27-8-10(11)7-26)31-3-1-9(2-4-31)15-14-16(30-29-15)28-13(32)6-17(14,33)19(23,24)25/h5,8-9,33H,1-4,6H2,(H2,28,29,30,32). The zero-order valence-electron chi connectivity index (χ0n) is 16.7. The first-order valence-electron chi connectivity index (χ1n) is 9.75. The lowest BCUT2D eigenvalue weighted by Crippen LogP contribution is -2.49. The van der Waals surface area contributed by atoms with Crippen LogP contribution in [0.1, 0.15) is 47.6 Å². The molecule has 176 valence electrons. The van der Waals surface area contributed by atoms with Crippen LogP contribution in [-0.4, -0.2) is 45.5 Å². The number of alkyl halides is 6. The number of piperidine rings is 1. The number of nitrogens with zero attached hydrogens (tertiary/aromatic N) is 4. The predicted molar refractivity (Wildman–Crippen MR) is 99.9 cm³/mol. The molecule has 0 radical (unpaired) electrons. The van der Waals surface area contributed by atoms with Crippen LogP contribution in [0.5, 0.6) is 0 Å². The number of carbonyl (C=O) groups is 1. The molecule has 1 unspecified atom stereocenters. The summed E-state index contributed by atoms with van der Waals surface area (Å²) in [5, 5.41) is 27.7. The molecule has 0 saturated carbocycles. The zero-order chi connectivity index (χ0) is 24.2. The molecule has 1 fully saturated rings. The number of amides is 1. The third kappa shape index (κ3) is 3.86. The van der Waals surface area contributed by atoms with Crippen molar-refractivity contribution in [1.82, 2.24) is 15.2 Å². The lowest BCUT2D eigenvalue weighted by molar-refractivity contribution is -0.267. The van der Waals surface area contributed by atoms with E-state index < -0.39 is 58.7 Å². The largest absolute Gasteiger partial charge is 0.422 e. The molecule has 1 atom stereocenters. The summed E-state index contributed by atoms with van der Waals surface area (Å²) in [6, 6.07) is 2.22. The molecule has 4 rings (SSSR count). The number of anilines is 2. The van der Waals surface area contributed by atoms with Crippen LogP contribution >= 0.6 is 0 Å². The van der Waals surface area contributed by atoms with Crippen molar-refractivity contribution < 1.29 is 36.2 Å². The average Bonchev–Trinajstić information content (AvgIpc) is 3.16. The third-order valence-corrected chi connectivity index (χ3v) is 5.89. The summed E-state index contributed by atoms with van der Waals surface area (Å²) in [7, 11) is 0. The number of nitrogens with one attached hydrogen (secondary N) is 2. The first-order valence-corrected chi connectivity index (χ1v) is 9.75. The smallest absolute Gasteiger partial charge is 0.376 e. The van der Waals surface area contributed by atoms with Gasteiger partial charge in [-0.1, -0.05) is 0 Å². The van der Waals surface area contributed by atoms with Gasteiger partial charge in [0, 0.05) is 30.9 Å². The number of hydrogen-bond donors (Lipinski definition) is 3. The van der Waals surface area contributed by atoms with Crippen molar-refractivity contribution in [2.24, 2.45) is 0 Å². The van der Waals surface area contributed by atoms with E-state index in [2.05, 4.69) is 20.5 Å². The number of H-pyrrole nitrogens is 1. The summed E-state index contributed by atoms with van der Waals surface area (Å²) in [5.74, 6) is -1.96. The maximum absolute atomic E-state index is 13.7. The highest BCUT2D eigenvalue weighted by atomic mass is 19.4. The molecule has 14 heteroatoms. The van der Waals surface area contributed by atoms with Gasteiger partial charge in [-0.05, 0) is 18.9 Å². The van der Waals surface area contributed by atoms with E-state index in [-0.39, 0.29) is 37.4 Å². The van der Waals surface area contributed by atoms with Gasteiger partial charge in [-0.25, -0.2) is 4.98 Å². The van der Waals surface area contributed by atoms with Crippen LogP contribution in [0.25, 0.3) is 0 Å². The molecule has 0 bridgehead atoms. The van der Waals surface area contributed by atoms with Crippen molar-refractivity contribution >= 4 is 17.5 Å². The van der Waals surface area contributed by atoms with E-state index in [1.165, 1.54) is 11.0 Å². The van der Waals surface area contributed by atoms with Gasteiger partial charge < -0.3 is 15.3 Å². The number of pyridine rings is 1. The number of fused-ring (bicyclic) bond motifs is 1. The Morgan fingerprint density at radius 2 is 1.88 bits per heavy atom. The molecule has 1 amide bonds. The second kappa shape index (κ2) is 7.62. The number of hydrogen-bond acceptors (Lipinski definition) is 6. The highest BCUT2D eigenvalue weighted by Crippen LogP contribution is 2.50. The van der Waals surface area contributed by atoms with Gasteiger partial charge in [0.1, 0.15) is 11.9 Å². The minimum atomic E-state index is -5.13. The SMILES string of the molecule is N#Cc1cnc(N2CCC(c3[nH]nc4c3C(O)(C(F)(F)F)CC(=O)N4)CC2)cc1C(F)(F)F. The van der Waals surface area contributed by atoms with Gasteiger partial charge in [0.15, 0.2) is 11.4 Å². The Labute approximate surface area is 182 Å². The number of halogens is 6. The van der Waals surface area contributed by atoms with Crippen LogP contribution in [0.3, 0.4) is 0 Å². The highest BCUT2D eigenvalue weighted by molar-refractivity contribution is 5.94. The third-order valence-electron chi connectivity index (χ3n) is 5.89. The molecule has 4 heterocycles. The Hall–Kier alpha value is -3.34. The molecular formula is C19H16F6N6O2. The van der Waals surface area contributed by atoms with Crippen molar-refractivity contribution in [2.75, 3.05) is 23.3 Å². The van der Waals surface area contributed by atoms with E-state index in [1.54, 1.807) is 0 Å². The summed E-state index contributed by atoms with van der Waals surface area (Å²) in [5.41, 5.74) is -5.65. The van der Waals surface area contributed by atoms with Gasteiger partial charge in [0.25, 0.3) is 0 Å². The van der Waals surface area contributed by atoms with Crippen molar-refractivity contribution in [3.05, 3.63) is 34.6 Å². The van der Waals surface area contributed by atoms with E-state index >= 15 is 0 Å². The highest BCUT2D eigenvalue weighted by Gasteiger charge is 2.61. The molecular weight excluding hydrogens is 458 g/mol. The maximum Gasteiger partial charge on any atom is 0.422 e. The summed E-state index contributed by atoms with van der Waals surface area (Å²) in [6.07, 6.45) is -9.80. The van der Waals surface area contributed by atoms with E-state index in [1.807, 2.05) is 0 Å². The van der Waals surface area contributed by atoms with Crippen LogP contribution in [0.2, 0.25) is 0 Å². The second-order valence-electron chi connectivity index (χ2n) is 7.90. The molecule has 8 nitrogen and oxygen atoms in total. The van der Waals surface area contributed by atoms with E-state index in [9.17, 15) is 36.2 Å². The predicted octanol–water partition coefficient (Wildman–Crippen LogP) is 3.17. The minimum Gasteiger partial charge on any atom is -0.376 e. The van der Waals surface area contributed by atoms with Gasteiger partial charge in [0.2, 0.25) is 5.91 Å². The number of aliphatic hydroxyl groups is 1. The van der Waals surface area contributed by atoms with Crippen molar-refractivity contribution in [2.45, 2.75) is 43.1 Å². The number of rotatable bonds is 2. The van der Waals surface area contributed by atoms with E-state index in [0.29, 0.717) is 0 Å². The van der Waals surface area contributed by atoms with Crippen LogP contribution in [0.4, 0.5) is 38.0 Å². The number of nitriles is 1. The molecule has 2 aliphatic heterocycles. The Balaban J connectivity index is 1.59. The monoisotopic (exact) mass is 474 g/mol. The van der Waals surface area contributed by atoms with Gasteiger partial charge in [0.05, 0.1) is 23.1 Å². The van der Waals surface area contributed by atoms with Gasteiger partial charge in [-0.3, -0.25) is 9.89 Å². The minimum absolute atomic E-state index is 0.00882. The summed E-state index contributed by atoms with van der Waals surface area (Å²) < 4.78 is 80.7. The number of aromatic nitrogens is 3. The quantitative estimate of drug-likeness (QED) is 0.576. The van der Waals surface area contributed by atoms with Crippen molar-refractivity contribution in [1.29, 1.82) is 5.26 Å². The Morgan fingerprint density at radius 1 is 1.21 bits per heavy atom. The number of carbonyl (C=O) groups excluding carboxylic acids is 1. The molecule has 0 aromatic carbocycles. The molecule has 2 aliphatic rings. The fraction of sp³-hybridized carbons (Fsp3) is 0.474. The van der Waals surface area contributed by atoms with E-state index in [4.69, 9.17) is 5.26 Å². The van der Waals surface area contributed by atoms with Crippen LogP contribution < -0.4 is 10.2 Å². The summed E-state index contributed by atoms with van der Waals surface area (Å²) in [6.45, 7) is 0.316. The Morgan fingerprint density at radius 3 is 2.45 bits per heavy atom. The van der Waals surface area contributed by atoms with Gasteiger partial charge in [-0.2, -0.15) is 36.7 Å². The lowest BCUT2D eigenvalue weighted by Gasteiger charge is -2.37. The lowest BCUT2D eigenvalue weighted by atomic mass is 9.81. The molecule has 2 aromatic heterocycles. The molecule has 0 spiro atoms. The first kappa shape index (κ1) is 22.8. The fourth-order valence-electron chi connectivity index (χ4n) is 4.24. The zero-order valence-corrected chi connectivity index (χ0v) is 16.7. The Kier molecular flexibility index (Phi) is 5.27. The number of aromatic amines is 1. The average molecular weight is 474 g/mol. The van der Waals surface area contributed by atoms with Gasteiger partial charge >= 0.3 is 12.4 Å². The second-order valence-corrected chi connectivity index (χ2v) is 7.90. The maximum atomic E-state index is 13.7. The summed E-state index contributed by atoms with van der Waals surface area (Å²) in [4.78, 5) is 17.1. The molecule has 3 N–H and O–H groups in total. The van der Waals surface area contributed by atoms with Crippen molar-refractivity contribution in [3.8, 4) is 6.07 Å². The summed E-state index contributed by atoms with van der Waals surface area (Å²) >= 11 is 0. The topological polar surface area (TPSA) is 118 Å². The fourth-order valence-corrected chi connectivity index (χ4v) is 4.24. The Bertz CT molecular complexity index is 1130.